The zero-order chi connectivity index (χ0) is 28.1. The van der Waals surface area contributed by atoms with Crippen molar-refractivity contribution in [2.75, 3.05) is 56.7 Å². The number of halogens is 2. The van der Waals surface area contributed by atoms with Crippen molar-refractivity contribution in [3.05, 3.63) is 65.0 Å². The minimum absolute atomic E-state index is 0.317. The normalized spacial score (nSPS) is 14.0. The topological polar surface area (TPSA) is 66.4 Å². The lowest BCUT2D eigenvalue weighted by Gasteiger charge is -2.35. The summed E-state index contributed by atoms with van der Waals surface area (Å²) in [4.78, 5) is 19.1. The fraction of sp³-hybridized carbons (Fsp3) is 0.367. The van der Waals surface area contributed by atoms with Crippen LogP contribution in [-0.4, -0.2) is 66.4 Å². The Bertz CT molecular complexity index is 1450. The summed E-state index contributed by atoms with van der Waals surface area (Å²) in [5.74, 6) is 0.841. The summed E-state index contributed by atoms with van der Waals surface area (Å²) in [6, 6.07) is 13.0. The first-order valence-corrected chi connectivity index (χ1v) is 14.4. The molecule has 2 aromatic carbocycles. The van der Waals surface area contributed by atoms with Crippen molar-refractivity contribution in [3.8, 4) is 27.6 Å². The monoisotopic (exact) mass is 564 g/mol. The van der Waals surface area contributed by atoms with Gasteiger partial charge in [-0.15, -0.1) is 11.3 Å². The number of aryl methyl sites for hydroxylation is 2. The Morgan fingerprint density at radius 1 is 1.05 bits per heavy atom. The van der Waals surface area contributed by atoms with E-state index < -0.39 is 0 Å². The maximum atomic E-state index is 15.1. The Morgan fingerprint density at radius 3 is 2.60 bits per heavy atom. The van der Waals surface area contributed by atoms with Crippen LogP contribution in [-0.2, 0) is 6.42 Å². The summed E-state index contributed by atoms with van der Waals surface area (Å²) in [5, 5.41) is 4.21. The first-order valence-electron chi connectivity index (χ1n) is 13.6. The standard InChI is InChI=1S/C30H34F2N6OS/c1-4-5-27-36-28(21-16-20(2)17-23(18-21)39-3)29(40-27)25-8-10-33-30(35-25)34-22-6-7-26(24(32)19-22)38-14-12-37(11-9-31)13-15-38/h6-8,10,16-19H,4-5,9,11-15H2,1-3H3,(H,33,34,35). The van der Waals surface area contributed by atoms with Crippen molar-refractivity contribution >= 4 is 28.7 Å². The van der Waals surface area contributed by atoms with Crippen LogP contribution in [0.4, 0.5) is 26.1 Å². The molecule has 5 rings (SSSR count). The second-order valence-corrected chi connectivity index (χ2v) is 10.9. The van der Waals surface area contributed by atoms with Crippen molar-refractivity contribution in [2.24, 2.45) is 0 Å². The van der Waals surface area contributed by atoms with Gasteiger partial charge in [-0.1, -0.05) is 6.92 Å². The van der Waals surface area contributed by atoms with Crippen LogP contribution in [0.3, 0.4) is 0 Å². The number of methoxy groups -OCH3 is 1. The Hall–Kier alpha value is -3.63. The van der Waals surface area contributed by atoms with Gasteiger partial charge >= 0.3 is 0 Å². The first-order chi connectivity index (χ1) is 19.5. The molecule has 1 fully saturated rings. The number of aromatic nitrogens is 3. The van der Waals surface area contributed by atoms with E-state index in [0.29, 0.717) is 37.0 Å². The van der Waals surface area contributed by atoms with Crippen molar-refractivity contribution in [3.63, 3.8) is 0 Å². The second-order valence-electron chi connectivity index (χ2n) is 9.85. The molecule has 0 aliphatic carbocycles. The summed E-state index contributed by atoms with van der Waals surface area (Å²) in [6.45, 7) is 7.02. The molecule has 10 heteroatoms. The van der Waals surface area contributed by atoms with Crippen LogP contribution in [0.25, 0.3) is 21.8 Å². The third-order valence-corrected chi connectivity index (χ3v) is 8.04. The Balaban J connectivity index is 1.38. The molecule has 1 aliphatic rings. The number of nitrogens with one attached hydrogen (secondary N) is 1. The van der Waals surface area contributed by atoms with Crippen molar-refractivity contribution in [1.29, 1.82) is 0 Å². The molecule has 1 N–H and O–H groups in total. The highest BCUT2D eigenvalue weighted by Crippen LogP contribution is 2.38. The van der Waals surface area contributed by atoms with E-state index in [-0.39, 0.29) is 12.5 Å². The predicted octanol–water partition coefficient (Wildman–Crippen LogP) is 6.51. The highest BCUT2D eigenvalue weighted by molar-refractivity contribution is 7.15. The number of benzene rings is 2. The molecule has 0 radical (unpaired) electrons. The molecule has 40 heavy (non-hydrogen) atoms. The van der Waals surface area contributed by atoms with Gasteiger partial charge < -0.3 is 15.0 Å². The van der Waals surface area contributed by atoms with Crippen LogP contribution in [0.5, 0.6) is 5.75 Å². The quantitative estimate of drug-likeness (QED) is 0.236. The Kier molecular flexibility index (Phi) is 8.86. The molecule has 0 amide bonds. The van der Waals surface area contributed by atoms with Crippen LogP contribution in [0.2, 0.25) is 0 Å². The Labute approximate surface area is 237 Å². The van der Waals surface area contributed by atoms with Crippen LogP contribution < -0.4 is 15.0 Å². The molecule has 210 valence electrons. The number of alkyl halides is 1. The number of hydrogen-bond acceptors (Lipinski definition) is 8. The number of anilines is 3. The minimum atomic E-state index is -0.358. The van der Waals surface area contributed by atoms with Gasteiger partial charge in [0.15, 0.2) is 0 Å². The zero-order valence-corrected chi connectivity index (χ0v) is 23.9. The molecule has 0 spiro atoms. The summed E-state index contributed by atoms with van der Waals surface area (Å²) in [6.07, 6.45) is 3.58. The second kappa shape index (κ2) is 12.7. The van der Waals surface area contributed by atoms with Gasteiger partial charge in [0.25, 0.3) is 0 Å². The third-order valence-electron chi connectivity index (χ3n) is 6.90. The van der Waals surface area contributed by atoms with Gasteiger partial charge in [-0.25, -0.2) is 23.7 Å². The smallest absolute Gasteiger partial charge is 0.227 e. The zero-order valence-electron chi connectivity index (χ0n) is 23.1. The van der Waals surface area contributed by atoms with E-state index in [1.807, 2.05) is 36.1 Å². The van der Waals surface area contributed by atoms with Gasteiger partial charge in [0, 0.05) is 50.2 Å². The van der Waals surface area contributed by atoms with Crippen LogP contribution in [0.15, 0.2) is 48.7 Å². The maximum absolute atomic E-state index is 15.1. The Morgan fingerprint density at radius 2 is 1.88 bits per heavy atom. The summed E-state index contributed by atoms with van der Waals surface area (Å²) < 4.78 is 33.3. The van der Waals surface area contributed by atoms with E-state index in [1.165, 1.54) is 6.07 Å². The highest BCUT2D eigenvalue weighted by atomic mass is 32.1. The molecule has 0 saturated carbocycles. The fourth-order valence-corrected chi connectivity index (χ4v) is 6.06. The lowest BCUT2D eigenvalue weighted by molar-refractivity contribution is 0.235. The van der Waals surface area contributed by atoms with E-state index in [1.54, 1.807) is 30.7 Å². The van der Waals surface area contributed by atoms with Crippen molar-refractivity contribution < 1.29 is 13.5 Å². The van der Waals surface area contributed by atoms with E-state index in [9.17, 15) is 4.39 Å². The van der Waals surface area contributed by atoms with Crippen molar-refractivity contribution in [2.45, 2.75) is 26.7 Å². The number of piperazine rings is 1. The van der Waals surface area contributed by atoms with Crippen LogP contribution >= 0.6 is 11.3 Å². The highest BCUT2D eigenvalue weighted by Gasteiger charge is 2.20. The lowest BCUT2D eigenvalue weighted by Crippen LogP contribution is -2.47. The predicted molar refractivity (Wildman–Crippen MR) is 158 cm³/mol. The average Bonchev–Trinajstić information content (AvgIpc) is 3.38. The van der Waals surface area contributed by atoms with Gasteiger partial charge in [-0.05, 0) is 67.8 Å². The number of nitrogens with zero attached hydrogens (tertiary/aromatic N) is 5. The summed E-state index contributed by atoms with van der Waals surface area (Å²) in [5.41, 5.74) is 4.78. The summed E-state index contributed by atoms with van der Waals surface area (Å²) in [7, 11) is 1.66. The molecule has 3 heterocycles. The molecular formula is C30H34F2N6OS. The van der Waals surface area contributed by atoms with E-state index in [2.05, 4.69) is 28.2 Å². The minimum Gasteiger partial charge on any atom is -0.497 e. The maximum Gasteiger partial charge on any atom is 0.227 e. The molecule has 4 aromatic rings. The average molecular weight is 565 g/mol. The molecule has 1 aliphatic heterocycles. The number of ether oxygens (including phenoxy) is 1. The molecule has 7 nitrogen and oxygen atoms in total. The third kappa shape index (κ3) is 6.39. The van der Waals surface area contributed by atoms with Gasteiger partial charge in [-0.2, -0.15) is 0 Å². The fourth-order valence-electron chi connectivity index (χ4n) is 4.90. The van der Waals surface area contributed by atoms with Crippen LogP contribution in [0, 0.1) is 12.7 Å². The number of thiazole rings is 1. The van der Waals surface area contributed by atoms with Gasteiger partial charge in [-0.3, -0.25) is 4.90 Å². The molecule has 0 bridgehead atoms. The molecule has 2 aromatic heterocycles. The molecule has 1 saturated heterocycles. The van der Waals surface area contributed by atoms with Gasteiger partial charge in [0.1, 0.15) is 18.2 Å². The van der Waals surface area contributed by atoms with E-state index in [4.69, 9.17) is 14.7 Å². The SMILES string of the molecule is CCCc1nc(-c2cc(C)cc(OC)c2)c(-c2ccnc(Nc3ccc(N4CCN(CCF)CC4)c(F)c3)n2)s1. The van der Waals surface area contributed by atoms with Gasteiger partial charge in [0.2, 0.25) is 5.95 Å². The number of rotatable bonds is 10. The molecule has 0 atom stereocenters. The van der Waals surface area contributed by atoms with Gasteiger partial charge in [0.05, 0.1) is 34.1 Å². The van der Waals surface area contributed by atoms with E-state index >= 15 is 4.39 Å². The lowest BCUT2D eigenvalue weighted by atomic mass is 10.1. The van der Waals surface area contributed by atoms with Crippen molar-refractivity contribution in [1.82, 2.24) is 19.9 Å². The largest absolute Gasteiger partial charge is 0.497 e. The molecule has 0 unspecified atom stereocenters. The number of hydrogen-bond donors (Lipinski definition) is 1. The van der Waals surface area contributed by atoms with E-state index in [0.717, 1.165) is 64.1 Å². The summed E-state index contributed by atoms with van der Waals surface area (Å²) >= 11 is 1.63. The molecular weight excluding hydrogens is 530 g/mol. The van der Waals surface area contributed by atoms with Crippen LogP contribution in [0.1, 0.15) is 23.9 Å². The first kappa shape index (κ1) is 27.9.